The van der Waals surface area contributed by atoms with E-state index in [4.69, 9.17) is 0 Å². The molecule has 0 saturated carbocycles. The number of nitrogens with one attached hydrogen (secondary N) is 1. The molecule has 1 N–H and O–H groups in total. The fraction of sp³-hybridized carbons (Fsp3) is 0.355. The van der Waals surface area contributed by atoms with Gasteiger partial charge in [0.2, 0.25) is 11.8 Å². The van der Waals surface area contributed by atoms with Gasteiger partial charge in [0.05, 0.1) is 6.42 Å². The van der Waals surface area contributed by atoms with Gasteiger partial charge in [-0.3, -0.25) is 9.59 Å². The number of nitrogens with zero attached hydrogens (tertiary/aromatic N) is 1. The van der Waals surface area contributed by atoms with Crippen molar-refractivity contribution >= 4 is 11.8 Å². The summed E-state index contributed by atoms with van der Waals surface area (Å²) in [7, 11) is 0. The average molecular weight is 471 g/mol. The summed E-state index contributed by atoms with van der Waals surface area (Å²) in [5.74, 6) is -0.133. The predicted octanol–water partition coefficient (Wildman–Crippen LogP) is 5.71. The normalized spacial score (nSPS) is 11.7. The maximum absolute atomic E-state index is 13.8. The quantitative estimate of drug-likeness (QED) is 0.365. The molecule has 0 spiro atoms. The molecule has 0 fully saturated rings. The monoisotopic (exact) mass is 470 g/mol. The highest BCUT2D eigenvalue weighted by atomic mass is 16.2. The lowest BCUT2D eigenvalue weighted by atomic mass is 10.00. The highest BCUT2D eigenvalue weighted by Gasteiger charge is 2.30. The first-order valence-corrected chi connectivity index (χ1v) is 12.6. The summed E-state index contributed by atoms with van der Waals surface area (Å²) in [5, 5.41) is 3.09. The number of hydrogen-bond donors (Lipinski definition) is 1. The lowest BCUT2D eigenvalue weighted by Crippen LogP contribution is -2.51. The molecule has 0 radical (unpaired) electrons. The van der Waals surface area contributed by atoms with Crippen LogP contribution in [0.15, 0.2) is 72.8 Å². The fourth-order valence-corrected chi connectivity index (χ4v) is 4.51. The van der Waals surface area contributed by atoms with Gasteiger partial charge in [0.15, 0.2) is 0 Å². The summed E-state index contributed by atoms with van der Waals surface area (Å²) in [6.45, 7) is 9.25. The second kappa shape index (κ2) is 12.9. The van der Waals surface area contributed by atoms with E-state index in [0.717, 1.165) is 46.2 Å². The van der Waals surface area contributed by atoms with Crippen LogP contribution in [0.2, 0.25) is 0 Å². The zero-order chi connectivity index (χ0) is 25.2. The third kappa shape index (κ3) is 8.10. The molecule has 0 aliphatic carbocycles. The lowest BCUT2D eigenvalue weighted by Gasteiger charge is -2.32. The van der Waals surface area contributed by atoms with Gasteiger partial charge in [-0.15, -0.1) is 0 Å². The Morgan fingerprint density at radius 2 is 1.46 bits per heavy atom. The van der Waals surface area contributed by atoms with Crippen LogP contribution in [0.3, 0.4) is 0 Å². The molecule has 3 rings (SSSR count). The number of hydrogen-bond acceptors (Lipinski definition) is 2. The lowest BCUT2D eigenvalue weighted by molar-refractivity contribution is -0.140. The molecular formula is C31H38N2O2. The Bertz CT molecular complexity index is 1100. The van der Waals surface area contributed by atoms with E-state index < -0.39 is 6.04 Å². The number of aryl methyl sites for hydroxylation is 3. The van der Waals surface area contributed by atoms with Gasteiger partial charge in [0, 0.05) is 19.5 Å². The average Bonchev–Trinajstić information content (AvgIpc) is 2.81. The molecule has 4 heteroatoms. The SMILES string of the molecule is CCCCNC(=O)C(Cc1ccccc1)N(Cc1cccc(C)c1)C(=O)Cc1cc(C)cc(C)c1. The minimum absolute atomic E-state index is 0.0388. The number of amides is 2. The summed E-state index contributed by atoms with van der Waals surface area (Å²) >= 11 is 0. The van der Waals surface area contributed by atoms with Gasteiger partial charge in [-0.2, -0.15) is 0 Å². The number of rotatable bonds is 11. The molecule has 0 saturated heterocycles. The standard InChI is InChI=1S/C31H38N2O2/c1-5-6-15-32-31(35)29(20-26-12-8-7-9-13-26)33(22-27-14-10-11-23(2)17-27)30(34)21-28-18-24(3)16-25(4)19-28/h7-14,16-19,29H,5-6,15,20-22H2,1-4H3,(H,32,35). The molecule has 3 aromatic carbocycles. The number of carbonyl (C=O) groups excluding carboxylic acids is 2. The smallest absolute Gasteiger partial charge is 0.243 e. The molecule has 0 aliphatic rings. The van der Waals surface area contributed by atoms with Crippen molar-refractivity contribution in [3.63, 3.8) is 0 Å². The van der Waals surface area contributed by atoms with Crippen molar-refractivity contribution in [1.29, 1.82) is 0 Å². The Morgan fingerprint density at radius 3 is 2.11 bits per heavy atom. The van der Waals surface area contributed by atoms with Crippen LogP contribution in [0.5, 0.6) is 0 Å². The van der Waals surface area contributed by atoms with E-state index in [9.17, 15) is 9.59 Å². The second-order valence-corrected chi connectivity index (χ2v) is 9.53. The van der Waals surface area contributed by atoms with Crippen LogP contribution in [-0.4, -0.2) is 29.3 Å². The molecule has 1 unspecified atom stereocenters. The van der Waals surface area contributed by atoms with Gasteiger partial charge >= 0.3 is 0 Å². The Hall–Kier alpha value is -3.40. The Labute approximate surface area is 210 Å². The Morgan fingerprint density at radius 1 is 0.800 bits per heavy atom. The largest absolute Gasteiger partial charge is 0.354 e. The maximum Gasteiger partial charge on any atom is 0.243 e. The van der Waals surface area contributed by atoms with Gasteiger partial charge in [0.1, 0.15) is 6.04 Å². The molecule has 184 valence electrons. The van der Waals surface area contributed by atoms with Crippen LogP contribution >= 0.6 is 0 Å². The number of carbonyl (C=O) groups is 2. The molecule has 0 bridgehead atoms. The highest BCUT2D eigenvalue weighted by molar-refractivity contribution is 5.88. The van der Waals surface area contributed by atoms with Crippen molar-refractivity contribution in [2.75, 3.05) is 6.54 Å². The summed E-state index contributed by atoms with van der Waals surface area (Å²) in [6.07, 6.45) is 2.66. The zero-order valence-electron chi connectivity index (χ0n) is 21.5. The summed E-state index contributed by atoms with van der Waals surface area (Å²) in [6, 6.07) is 23.8. The van der Waals surface area contributed by atoms with Gasteiger partial charge in [-0.1, -0.05) is 103 Å². The first kappa shape index (κ1) is 26.2. The molecule has 2 amide bonds. The summed E-state index contributed by atoms with van der Waals surface area (Å²) in [5.41, 5.74) is 6.45. The summed E-state index contributed by atoms with van der Waals surface area (Å²) < 4.78 is 0. The van der Waals surface area contributed by atoms with Crippen LogP contribution < -0.4 is 5.32 Å². The number of unbranched alkanes of at least 4 members (excludes halogenated alkanes) is 1. The Balaban J connectivity index is 1.96. The van der Waals surface area contributed by atoms with Crippen LogP contribution in [-0.2, 0) is 29.0 Å². The van der Waals surface area contributed by atoms with E-state index in [-0.39, 0.29) is 18.2 Å². The topological polar surface area (TPSA) is 49.4 Å². The van der Waals surface area contributed by atoms with Crippen LogP contribution in [0.1, 0.15) is 53.1 Å². The molecule has 0 aliphatic heterocycles. The Kier molecular flexibility index (Phi) is 9.66. The molecule has 0 aromatic heterocycles. The fourth-order valence-electron chi connectivity index (χ4n) is 4.51. The van der Waals surface area contributed by atoms with Crippen LogP contribution in [0.4, 0.5) is 0 Å². The van der Waals surface area contributed by atoms with Gasteiger partial charge in [0.25, 0.3) is 0 Å². The van der Waals surface area contributed by atoms with Gasteiger partial charge in [-0.05, 0) is 43.9 Å². The van der Waals surface area contributed by atoms with E-state index in [2.05, 4.69) is 36.5 Å². The molecule has 1 atom stereocenters. The summed E-state index contributed by atoms with van der Waals surface area (Å²) in [4.78, 5) is 29.1. The molecule has 35 heavy (non-hydrogen) atoms. The van der Waals surface area contributed by atoms with Crippen LogP contribution in [0, 0.1) is 20.8 Å². The van der Waals surface area contributed by atoms with Gasteiger partial charge in [-0.25, -0.2) is 0 Å². The van der Waals surface area contributed by atoms with E-state index in [1.54, 1.807) is 4.90 Å². The predicted molar refractivity (Wildman–Crippen MR) is 143 cm³/mol. The van der Waals surface area contributed by atoms with E-state index in [1.807, 2.05) is 69.3 Å². The van der Waals surface area contributed by atoms with Crippen molar-refractivity contribution in [3.8, 4) is 0 Å². The minimum Gasteiger partial charge on any atom is -0.354 e. The molecular weight excluding hydrogens is 432 g/mol. The van der Waals surface area contributed by atoms with Gasteiger partial charge < -0.3 is 10.2 Å². The van der Waals surface area contributed by atoms with Crippen molar-refractivity contribution in [2.24, 2.45) is 0 Å². The first-order chi connectivity index (χ1) is 16.9. The number of benzene rings is 3. The van der Waals surface area contributed by atoms with Crippen molar-refractivity contribution in [2.45, 2.75) is 66.0 Å². The van der Waals surface area contributed by atoms with Crippen molar-refractivity contribution in [3.05, 3.63) is 106 Å². The molecule has 0 heterocycles. The molecule has 3 aromatic rings. The first-order valence-electron chi connectivity index (χ1n) is 12.6. The van der Waals surface area contributed by atoms with Crippen LogP contribution in [0.25, 0.3) is 0 Å². The highest BCUT2D eigenvalue weighted by Crippen LogP contribution is 2.18. The molecule has 4 nitrogen and oxygen atoms in total. The maximum atomic E-state index is 13.8. The van der Waals surface area contributed by atoms with E-state index in [0.29, 0.717) is 19.5 Å². The zero-order valence-corrected chi connectivity index (χ0v) is 21.5. The van der Waals surface area contributed by atoms with E-state index in [1.165, 1.54) is 0 Å². The van der Waals surface area contributed by atoms with E-state index >= 15 is 0 Å². The van der Waals surface area contributed by atoms with Crippen molar-refractivity contribution < 1.29 is 9.59 Å². The third-order valence-corrected chi connectivity index (χ3v) is 6.17. The van der Waals surface area contributed by atoms with Crippen molar-refractivity contribution in [1.82, 2.24) is 10.2 Å². The third-order valence-electron chi connectivity index (χ3n) is 6.17. The minimum atomic E-state index is -0.590. The second-order valence-electron chi connectivity index (χ2n) is 9.53.